The van der Waals surface area contributed by atoms with Crippen molar-refractivity contribution in [2.45, 2.75) is 4.90 Å². The molecule has 0 spiro atoms. The maximum atomic E-state index is 12.2. The molecular formula is C10H9N7O2S. The molecule has 3 aromatic rings. The lowest BCUT2D eigenvalue weighted by Gasteiger charge is -2.10. The molecule has 0 fully saturated rings. The van der Waals surface area contributed by atoms with Crippen molar-refractivity contribution in [1.82, 2.24) is 30.4 Å². The molecular weight excluding hydrogens is 282 g/mol. The van der Waals surface area contributed by atoms with Gasteiger partial charge in [0.2, 0.25) is 0 Å². The van der Waals surface area contributed by atoms with E-state index in [-0.39, 0.29) is 4.90 Å². The third-order valence-electron chi connectivity index (χ3n) is 2.53. The fraction of sp³-hybridized carbons (Fsp3) is 0. The number of aromatic nitrogens is 6. The van der Waals surface area contributed by atoms with Crippen LogP contribution in [0.15, 0.2) is 47.9 Å². The monoisotopic (exact) mass is 291 g/mol. The van der Waals surface area contributed by atoms with Crippen molar-refractivity contribution in [2.24, 2.45) is 0 Å². The van der Waals surface area contributed by atoms with Crippen LogP contribution in [0.4, 0.5) is 5.69 Å². The summed E-state index contributed by atoms with van der Waals surface area (Å²) in [6.45, 7) is 0. The molecule has 2 N–H and O–H groups in total. The van der Waals surface area contributed by atoms with Crippen molar-refractivity contribution in [1.29, 1.82) is 0 Å². The second kappa shape index (κ2) is 4.74. The van der Waals surface area contributed by atoms with E-state index in [0.717, 1.165) is 0 Å². The molecule has 0 saturated carbocycles. The highest BCUT2D eigenvalue weighted by molar-refractivity contribution is 7.92. The van der Waals surface area contributed by atoms with Crippen molar-refractivity contribution in [3.05, 3.63) is 43.0 Å². The Morgan fingerprint density at radius 3 is 2.80 bits per heavy atom. The van der Waals surface area contributed by atoms with Gasteiger partial charge >= 0.3 is 0 Å². The van der Waals surface area contributed by atoms with Gasteiger partial charge in [0.1, 0.15) is 11.2 Å². The molecule has 0 unspecified atom stereocenters. The maximum absolute atomic E-state index is 12.2. The van der Waals surface area contributed by atoms with E-state index in [1.165, 1.54) is 23.4 Å². The van der Waals surface area contributed by atoms with Gasteiger partial charge in [0.05, 0.1) is 17.6 Å². The SMILES string of the molecule is O=S(=O)(Nc1ccccc1-n1cnnn1)c1cn[nH]c1. The molecule has 0 aliphatic heterocycles. The Hall–Kier alpha value is -2.75. The minimum Gasteiger partial charge on any atom is -0.284 e. The van der Waals surface area contributed by atoms with Gasteiger partial charge in [0, 0.05) is 6.20 Å². The first-order valence-electron chi connectivity index (χ1n) is 5.51. The summed E-state index contributed by atoms with van der Waals surface area (Å²) in [6.07, 6.45) is 3.90. The quantitative estimate of drug-likeness (QED) is 0.708. The predicted molar refractivity (Wildman–Crippen MR) is 68.6 cm³/mol. The largest absolute Gasteiger partial charge is 0.284 e. The average molecular weight is 291 g/mol. The number of para-hydroxylation sites is 2. The van der Waals surface area contributed by atoms with E-state index in [4.69, 9.17) is 0 Å². The van der Waals surface area contributed by atoms with Crippen LogP contribution in [-0.4, -0.2) is 38.8 Å². The molecule has 0 saturated heterocycles. The summed E-state index contributed by atoms with van der Waals surface area (Å²) in [4.78, 5) is 0.0454. The molecule has 2 heterocycles. The topological polar surface area (TPSA) is 118 Å². The number of anilines is 1. The molecule has 9 nitrogen and oxygen atoms in total. The first-order chi connectivity index (χ1) is 9.67. The van der Waals surface area contributed by atoms with Gasteiger partial charge in [-0.25, -0.2) is 8.42 Å². The van der Waals surface area contributed by atoms with E-state index in [9.17, 15) is 8.42 Å². The zero-order valence-electron chi connectivity index (χ0n) is 10.0. The first kappa shape index (κ1) is 12.3. The van der Waals surface area contributed by atoms with E-state index in [0.29, 0.717) is 11.4 Å². The number of benzene rings is 1. The van der Waals surface area contributed by atoms with Crippen LogP contribution in [0.5, 0.6) is 0 Å². The van der Waals surface area contributed by atoms with Crippen LogP contribution >= 0.6 is 0 Å². The number of sulfonamides is 1. The molecule has 0 radical (unpaired) electrons. The standard InChI is InChI=1S/C10H9N7O2S/c18-20(19,8-5-11-12-6-8)14-9-3-1-2-4-10(9)17-7-13-15-16-17/h1-7,14H,(H,11,12). The van der Waals surface area contributed by atoms with Gasteiger partial charge in [0.25, 0.3) is 10.0 Å². The van der Waals surface area contributed by atoms with Gasteiger partial charge in [-0.05, 0) is 22.6 Å². The number of hydrogen-bond donors (Lipinski definition) is 2. The van der Waals surface area contributed by atoms with Crippen molar-refractivity contribution in [3.63, 3.8) is 0 Å². The molecule has 2 aromatic heterocycles. The number of hydrogen-bond acceptors (Lipinski definition) is 6. The number of tetrazole rings is 1. The molecule has 20 heavy (non-hydrogen) atoms. The lowest BCUT2D eigenvalue weighted by Crippen LogP contribution is -2.14. The van der Waals surface area contributed by atoms with Crippen molar-refractivity contribution in [3.8, 4) is 5.69 Å². The molecule has 0 aliphatic rings. The van der Waals surface area contributed by atoms with Crippen LogP contribution in [0.2, 0.25) is 0 Å². The molecule has 0 atom stereocenters. The normalized spacial score (nSPS) is 11.4. The van der Waals surface area contributed by atoms with E-state index in [1.807, 2.05) is 0 Å². The zero-order valence-corrected chi connectivity index (χ0v) is 10.8. The van der Waals surface area contributed by atoms with Crippen LogP contribution in [0.1, 0.15) is 0 Å². The number of rotatable bonds is 4. The van der Waals surface area contributed by atoms with Gasteiger partial charge < -0.3 is 0 Å². The Morgan fingerprint density at radius 1 is 1.25 bits per heavy atom. The third kappa shape index (κ3) is 2.23. The maximum Gasteiger partial charge on any atom is 0.265 e. The summed E-state index contributed by atoms with van der Waals surface area (Å²) in [5.74, 6) is 0. The van der Waals surface area contributed by atoms with Gasteiger partial charge in [-0.1, -0.05) is 12.1 Å². The van der Waals surface area contributed by atoms with Crippen LogP contribution in [0.3, 0.4) is 0 Å². The average Bonchev–Trinajstić information content (AvgIpc) is 3.13. The molecule has 0 bridgehead atoms. The van der Waals surface area contributed by atoms with Gasteiger partial charge in [0.15, 0.2) is 0 Å². The van der Waals surface area contributed by atoms with Crippen molar-refractivity contribution >= 4 is 15.7 Å². The highest BCUT2D eigenvalue weighted by Crippen LogP contribution is 2.21. The van der Waals surface area contributed by atoms with Crippen molar-refractivity contribution in [2.75, 3.05) is 4.72 Å². The van der Waals surface area contributed by atoms with E-state index >= 15 is 0 Å². The molecule has 0 amide bonds. The summed E-state index contributed by atoms with van der Waals surface area (Å²) in [7, 11) is -3.71. The summed E-state index contributed by atoms with van der Waals surface area (Å²) in [6, 6.07) is 6.78. The molecule has 102 valence electrons. The molecule has 0 aliphatic carbocycles. The Bertz CT molecular complexity index is 796. The van der Waals surface area contributed by atoms with E-state index in [1.54, 1.807) is 24.3 Å². The van der Waals surface area contributed by atoms with Gasteiger partial charge in [-0.2, -0.15) is 9.78 Å². The van der Waals surface area contributed by atoms with Gasteiger partial charge in [-0.15, -0.1) is 5.10 Å². The number of aromatic amines is 1. The van der Waals surface area contributed by atoms with E-state index in [2.05, 4.69) is 30.4 Å². The first-order valence-corrected chi connectivity index (χ1v) is 6.99. The lowest BCUT2D eigenvalue weighted by molar-refractivity contribution is 0.601. The summed E-state index contributed by atoms with van der Waals surface area (Å²) in [5, 5.41) is 16.9. The van der Waals surface area contributed by atoms with E-state index < -0.39 is 10.0 Å². The van der Waals surface area contributed by atoms with Gasteiger partial charge in [-0.3, -0.25) is 9.82 Å². The molecule has 1 aromatic carbocycles. The number of nitrogens with one attached hydrogen (secondary N) is 2. The highest BCUT2D eigenvalue weighted by Gasteiger charge is 2.17. The van der Waals surface area contributed by atoms with Crippen LogP contribution < -0.4 is 4.72 Å². The second-order valence-electron chi connectivity index (χ2n) is 3.81. The smallest absolute Gasteiger partial charge is 0.265 e. The third-order valence-corrected chi connectivity index (χ3v) is 3.86. The lowest BCUT2D eigenvalue weighted by atomic mass is 10.3. The summed E-state index contributed by atoms with van der Waals surface area (Å²) >= 11 is 0. The Balaban J connectivity index is 2.00. The van der Waals surface area contributed by atoms with Crippen LogP contribution in [-0.2, 0) is 10.0 Å². The summed E-state index contributed by atoms with van der Waals surface area (Å²) in [5.41, 5.74) is 0.880. The summed E-state index contributed by atoms with van der Waals surface area (Å²) < 4.78 is 28.1. The number of H-pyrrole nitrogens is 1. The number of nitrogens with zero attached hydrogens (tertiary/aromatic N) is 5. The highest BCUT2D eigenvalue weighted by atomic mass is 32.2. The minimum atomic E-state index is -3.71. The fourth-order valence-electron chi connectivity index (χ4n) is 1.62. The van der Waals surface area contributed by atoms with Crippen LogP contribution in [0.25, 0.3) is 5.69 Å². The molecule has 10 heteroatoms. The van der Waals surface area contributed by atoms with Crippen LogP contribution in [0, 0.1) is 0 Å². The second-order valence-corrected chi connectivity index (χ2v) is 5.49. The Labute approximate surface area is 113 Å². The predicted octanol–water partition coefficient (Wildman–Crippen LogP) is 0.186. The Kier molecular flexibility index (Phi) is 2.91. The molecule has 3 rings (SSSR count). The zero-order chi connectivity index (χ0) is 14.0. The van der Waals surface area contributed by atoms with Crippen molar-refractivity contribution < 1.29 is 8.42 Å². The minimum absolute atomic E-state index is 0.0454. The Morgan fingerprint density at radius 2 is 2.10 bits per heavy atom. The fourth-order valence-corrected chi connectivity index (χ4v) is 2.60.